The van der Waals surface area contributed by atoms with Crippen LogP contribution in [0.5, 0.6) is 5.75 Å². The number of nitriles is 1. The highest BCUT2D eigenvalue weighted by molar-refractivity contribution is 6.30. The van der Waals surface area contributed by atoms with Crippen molar-refractivity contribution in [2.24, 2.45) is 5.41 Å². The molecule has 0 radical (unpaired) electrons. The quantitative estimate of drug-likeness (QED) is 0.877. The van der Waals surface area contributed by atoms with Crippen LogP contribution in [0.3, 0.4) is 0 Å². The highest BCUT2D eigenvalue weighted by atomic mass is 35.5. The number of hydrogen-bond donors (Lipinski definition) is 1. The second-order valence-electron chi connectivity index (χ2n) is 4.94. The highest BCUT2D eigenvalue weighted by Crippen LogP contribution is 2.23. The number of methoxy groups -OCH3 is 1. The third-order valence-electron chi connectivity index (χ3n) is 3.33. The molecule has 0 aliphatic rings. The van der Waals surface area contributed by atoms with Crippen LogP contribution >= 0.6 is 11.6 Å². The monoisotopic (exact) mass is 294 g/mol. The van der Waals surface area contributed by atoms with Crippen molar-refractivity contribution >= 4 is 17.5 Å². The SMILES string of the molecule is CCC(C)(C#N)CNC(=O)Cc1ccc(Cl)cc1OC. The van der Waals surface area contributed by atoms with E-state index in [9.17, 15) is 4.79 Å². The lowest BCUT2D eigenvalue weighted by Gasteiger charge is -2.19. The maximum Gasteiger partial charge on any atom is 0.224 e. The minimum atomic E-state index is -0.528. The lowest BCUT2D eigenvalue weighted by atomic mass is 9.89. The number of carbonyl (C=O) groups excluding carboxylic acids is 1. The van der Waals surface area contributed by atoms with E-state index in [4.69, 9.17) is 21.6 Å². The summed E-state index contributed by atoms with van der Waals surface area (Å²) in [5.74, 6) is 0.451. The molecule has 0 aliphatic heterocycles. The number of carbonyl (C=O) groups is 1. The summed E-state index contributed by atoms with van der Waals surface area (Å²) in [5.41, 5.74) is 0.240. The Morgan fingerprint density at radius 1 is 1.55 bits per heavy atom. The van der Waals surface area contributed by atoms with Crippen molar-refractivity contribution in [3.8, 4) is 11.8 Å². The van der Waals surface area contributed by atoms with Crippen molar-refractivity contribution in [2.75, 3.05) is 13.7 Å². The summed E-state index contributed by atoms with van der Waals surface area (Å²) >= 11 is 5.87. The summed E-state index contributed by atoms with van der Waals surface area (Å²) in [7, 11) is 1.54. The topological polar surface area (TPSA) is 62.1 Å². The molecule has 1 atom stereocenters. The second-order valence-corrected chi connectivity index (χ2v) is 5.37. The molecule has 0 bridgehead atoms. The molecule has 0 spiro atoms. The Morgan fingerprint density at radius 3 is 2.80 bits per heavy atom. The van der Waals surface area contributed by atoms with Gasteiger partial charge in [-0.2, -0.15) is 5.26 Å². The first kappa shape index (κ1) is 16.3. The molecule has 0 saturated carbocycles. The average Bonchev–Trinajstić information content (AvgIpc) is 2.46. The number of nitrogens with one attached hydrogen (secondary N) is 1. The van der Waals surface area contributed by atoms with Gasteiger partial charge >= 0.3 is 0 Å². The molecule has 5 heteroatoms. The van der Waals surface area contributed by atoms with Crippen LogP contribution in [0.25, 0.3) is 0 Å². The van der Waals surface area contributed by atoms with E-state index in [0.29, 0.717) is 23.7 Å². The zero-order chi connectivity index (χ0) is 15.2. The van der Waals surface area contributed by atoms with Gasteiger partial charge in [0.2, 0.25) is 5.91 Å². The fourth-order valence-corrected chi connectivity index (χ4v) is 1.80. The van der Waals surface area contributed by atoms with Crippen molar-refractivity contribution in [3.63, 3.8) is 0 Å². The van der Waals surface area contributed by atoms with Gasteiger partial charge in [0.25, 0.3) is 0 Å². The van der Waals surface area contributed by atoms with E-state index in [1.165, 1.54) is 7.11 Å². The van der Waals surface area contributed by atoms with Gasteiger partial charge in [-0.3, -0.25) is 4.79 Å². The molecule has 0 saturated heterocycles. The van der Waals surface area contributed by atoms with E-state index >= 15 is 0 Å². The van der Waals surface area contributed by atoms with Crippen LogP contribution in [0, 0.1) is 16.7 Å². The zero-order valence-corrected chi connectivity index (χ0v) is 12.8. The van der Waals surface area contributed by atoms with Crippen molar-refractivity contribution in [1.82, 2.24) is 5.32 Å². The molecule has 1 amide bonds. The van der Waals surface area contributed by atoms with Gasteiger partial charge in [0.05, 0.1) is 25.0 Å². The van der Waals surface area contributed by atoms with Crippen LogP contribution in [0.4, 0.5) is 0 Å². The molecule has 0 aromatic heterocycles. The third-order valence-corrected chi connectivity index (χ3v) is 3.56. The molecule has 4 nitrogen and oxygen atoms in total. The number of amides is 1. The summed E-state index contributed by atoms with van der Waals surface area (Å²) in [6, 6.07) is 7.38. The summed E-state index contributed by atoms with van der Waals surface area (Å²) in [5, 5.41) is 12.4. The predicted molar refractivity (Wildman–Crippen MR) is 78.7 cm³/mol. The first-order valence-corrected chi connectivity index (χ1v) is 6.82. The lowest BCUT2D eigenvalue weighted by molar-refractivity contribution is -0.120. The fourth-order valence-electron chi connectivity index (χ4n) is 1.64. The van der Waals surface area contributed by atoms with Crippen molar-refractivity contribution < 1.29 is 9.53 Å². The van der Waals surface area contributed by atoms with E-state index in [2.05, 4.69) is 11.4 Å². The third kappa shape index (κ3) is 4.43. The number of hydrogen-bond acceptors (Lipinski definition) is 3. The standard InChI is InChI=1S/C15H19ClN2O2/c1-4-15(2,9-17)10-18-14(19)7-11-5-6-12(16)8-13(11)20-3/h5-6,8H,4,7,10H2,1-3H3,(H,18,19). The van der Waals surface area contributed by atoms with E-state index in [1.54, 1.807) is 18.2 Å². The van der Waals surface area contributed by atoms with Gasteiger partial charge < -0.3 is 10.1 Å². The van der Waals surface area contributed by atoms with E-state index < -0.39 is 5.41 Å². The van der Waals surface area contributed by atoms with E-state index in [-0.39, 0.29) is 12.3 Å². The van der Waals surface area contributed by atoms with E-state index in [0.717, 1.165) is 5.56 Å². The number of ether oxygens (including phenoxy) is 1. The Labute approximate surface area is 124 Å². The highest BCUT2D eigenvalue weighted by Gasteiger charge is 2.22. The fraction of sp³-hybridized carbons (Fsp3) is 0.467. The summed E-state index contributed by atoms with van der Waals surface area (Å²) in [4.78, 5) is 11.9. The number of nitrogens with zero attached hydrogens (tertiary/aromatic N) is 1. The Kier molecular flexibility index (Phi) is 5.84. The smallest absolute Gasteiger partial charge is 0.224 e. The van der Waals surface area contributed by atoms with Gasteiger partial charge in [-0.1, -0.05) is 24.6 Å². The number of benzene rings is 1. The molecule has 0 fully saturated rings. The van der Waals surface area contributed by atoms with Crippen molar-refractivity contribution in [2.45, 2.75) is 26.7 Å². The van der Waals surface area contributed by atoms with Crippen LogP contribution < -0.4 is 10.1 Å². The van der Waals surface area contributed by atoms with Gasteiger partial charge in [0.1, 0.15) is 5.75 Å². The van der Waals surface area contributed by atoms with Gasteiger partial charge in [-0.15, -0.1) is 0 Å². The van der Waals surface area contributed by atoms with Crippen molar-refractivity contribution in [3.05, 3.63) is 28.8 Å². The normalized spacial score (nSPS) is 13.2. The molecule has 1 aromatic carbocycles. The van der Waals surface area contributed by atoms with E-state index in [1.807, 2.05) is 13.8 Å². The summed E-state index contributed by atoms with van der Waals surface area (Å²) < 4.78 is 5.20. The molecule has 108 valence electrons. The van der Waals surface area contributed by atoms with Crippen LogP contribution in [0.1, 0.15) is 25.8 Å². The molecule has 1 unspecified atom stereocenters. The Hall–Kier alpha value is -1.73. The number of rotatable bonds is 6. The molecule has 0 aliphatic carbocycles. The lowest BCUT2D eigenvalue weighted by Crippen LogP contribution is -2.35. The Bertz CT molecular complexity index is 525. The first-order valence-electron chi connectivity index (χ1n) is 6.44. The second kappa shape index (κ2) is 7.16. The zero-order valence-electron chi connectivity index (χ0n) is 12.0. The molecule has 20 heavy (non-hydrogen) atoms. The van der Waals surface area contributed by atoms with Crippen LogP contribution in [0.15, 0.2) is 18.2 Å². The van der Waals surface area contributed by atoms with Crippen molar-refractivity contribution in [1.29, 1.82) is 5.26 Å². The average molecular weight is 295 g/mol. The molecular formula is C15H19ClN2O2. The predicted octanol–water partition coefficient (Wildman–Crippen LogP) is 2.95. The largest absolute Gasteiger partial charge is 0.496 e. The van der Waals surface area contributed by atoms with Crippen LogP contribution in [-0.2, 0) is 11.2 Å². The maximum atomic E-state index is 11.9. The van der Waals surface area contributed by atoms with Gasteiger partial charge in [-0.25, -0.2) is 0 Å². The number of halogens is 1. The minimum Gasteiger partial charge on any atom is -0.496 e. The summed E-state index contributed by atoms with van der Waals surface area (Å²) in [6.45, 7) is 4.10. The molecular weight excluding hydrogens is 276 g/mol. The molecule has 1 rings (SSSR count). The summed E-state index contributed by atoms with van der Waals surface area (Å²) in [6.07, 6.45) is 0.889. The van der Waals surface area contributed by atoms with Crippen LogP contribution in [0.2, 0.25) is 5.02 Å². The Morgan fingerprint density at radius 2 is 2.25 bits per heavy atom. The first-order chi connectivity index (χ1) is 9.44. The Balaban J connectivity index is 2.66. The van der Waals surface area contributed by atoms with Crippen LogP contribution in [-0.4, -0.2) is 19.6 Å². The molecule has 0 heterocycles. The van der Waals surface area contributed by atoms with Gasteiger partial charge in [0.15, 0.2) is 0 Å². The molecule has 1 aromatic rings. The molecule has 1 N–H and O–H groups in total. The minimum absolute atomic E-state index is 0.138. The van der Waals surface area contributed by atoms with Gasteiger partial charge in [0, 0.05) is 17.1 Å². The maximum absolute atomic E-state index is 11.9. The van der Waals surface area contributed by atoms with Gasteiger partial charge in [-0.05, 0) is 25.5 Å².